The molecule has 0 bridgehead atoms. The van der Waals surface area contributed by atoms with Gasteiger partial charge in [0.15, 0.2) is 0 Å². The Morgan fingerprint density at radius 3 is 2.30 bits per heavy atom. The molecule has 2 amide bonds. The van der Waals surface area contributed by atoms with Crippen LogP contribution in [-0.2, 0) is 29.0 Å². The minimum atomic E-state index is -0.637. The molecule has 37 heavy (non-hydrogen) atoms. The van der Waals surface area contributed by atoms with Crippen molar-refractivity contribution >= 4 is 35.0 Å². The molecule has 1 fully saturated rings. The Balaban J connectivity index is 1.62. The molecule has 3 aromatic rings. The molecule has 0 radical (unpaired) electrons. The molecule has 1 atom stereocenters. The van der Waals surface area contributed by atoms with Gasteiger partial charge < -0.3 is 10.2 Å². The SMILES string of the molecule is O=C(NC1CCCCC1)C(Cc1ccccc1)N(Cc1cccc(Cl)c1)C(=O)CCc1ccccc1Cl. The second-order valence-electron chi connectivity index (χ2n) is 9.79. The van der Waals surface area contributed by atoms with Gasteiger partial charge in [0.05, 0.1) is 0 Å². The maximum atomic E-state index is 13.8. The molecular weight excluding hydrogens is 503 g/mol. The van der Waals surface area contributed by atoms with E-state index < -0.39 is 6.04 Å². The molecule has 194 valence electrons. The van der Waals surface area contributed by atoms with Gasteiger partial charge in [-0.25, -0.2) is 0 Å². The summed E-state index contributed by atoms with van der Waals surface area (Å²) in [5, 5.41) is 4.52. The van der Waals surface area contributed by atoms with E-state index in [0.29, 0.717) is 29.4 Å². The van der Waals surface area contributed by atoms with Crippen LogP contribution in [-0.4, -0.2) is 28.8 Å². The Morgan fingerprint density at radius 2 is 1.57 bits per heavy atom. The minimum absolute atomic E-state index is 0.0837. The molecule has 0 aliphatic heterocycles. The first-order valence-corrected chi connectivity index (χ1v) is 13.9. The van der Waals surface area contributed by atoms with Gasteiger partial charge in [0, 0.05) is 35.5 Å². The normalized spacial score (nSPS) is 14.6. The third kappa shape index (κ3) is 8.08. The van der Waals surface area contributed by atoms with E-state index in [4.69, 9.17) is 23.2 Å². The first-order chi connectivity index (χ1) is 18.0. The monoisotopic (exact) mass is 536 g/mol. The van der Waals surface area contributed by atoms with Crippen molar-refractivity contribution in [3.05, 3.63) is 106 Å². The van der Waals surface area contributed by atoms with Crippen LogP contribution < -0.4 is 5.32 Å². The first-order valence-electron chi connectivity index (χ1n) is 13.1. The van der Waals surface area contributed by atoms with Crippen LogP contribution in [0.4, 0.5) is 0 Å². The number of amides is 2. The maximum Gasteiger partial charge on any atom is 0.243 e. The number of carbonyl (C=O) groups is 2. The molecule has 0 aromatic heterocycles. The number of benzene rings is 3. The standard InChI is InChI=1S/C31H34Cl2N2O2/c32-26-14-9-12-24(20-26)22-35(30(36)19-18-25-13-7-8-17-28(25)33)29(21-23-10-3-1-4-11-23)31(37)34-27-15-5-2-6-16-27/h1,3-4,7-14,17,20,27,29H,2,5-6,15-16,18-19,21-22H2,(H,34,37). The summed E-state index contributed by atoms with van der Waals surface area (Å²) in [5.41, 5.74) is 2.83. The smallest absolute Gasteiger partial charge is 0.243 e. The number of halogens is 2. The van der Waals surface area contributed by atoms with E-state index in [2.05, 4.69) is 5.32 Å². The molecule has 0 saturated heterocycles. The zero-order valence-corrected chi connectivity index (χ0v) is 22.6. The zero-order valence-electron chi connectivity index (χ0n) is 21.0. The largest absolute Gasteiger partial charge is 0.352 e. The second-order valence-corrected chi connectivity index (χ2v) is 10.6. The van der Waals surface area contributed by atoms with Gasteiger partial charge in [0.25, 0.3) is 0 Å². The Bertz CT molecular complexity index is 1180. The van der Waals surface area contributed by atoms with E-state index in [-0.39, 0.29) is 24.3 Å². The Kier molecular flexibility index (Phi) is 10.0. The van der Waals surface area contributed by atoms with Gasteiger partial charge in [-0.3, -0.25) is 9.59 Å². The Morgan fingerprint density at radius 1 is 0.865 bits per heavy atom. The summed E-state index contributed by atoms with van der Waals surface area (Å²) in [6.07, 6.45) is 6.63. The van der Waals surface area contributed by atoms with Gasteiger partial charge in [-0.1, -0.05) is 103 Å². The number of carbonyl (C=O) groups excluding carboxylic acids is 2. The molecule has 4 rings (SSSR count). The van der Waals surface area contributed by atoms with E-state index in [9.17, 15) is 9.59 Å². The van der Waals surface area contributed by atoms with Crippen LogP contribution in [0, 0.1) is 0 Å². The van der Waals surface area contributed by atoms with Crippen LogP contribution in [0.2, 0.25) is 10.0 Å². The molecule has 3 aromatic carbocycles. The summed E-state index contributed by atoms with van der Waals surface area (Å²) >= 11 is 12.6. The zero-order chi connectivity index (χ0) is 26.0. The Labute approximate surface area is 230 Å². The van der Waals surface area contributed by atoms with Crippen molar-refractivity contribution in [1.82, 2.24) is 10.2 Å². The number of hydrogen-bond acceptors (Lipinski definition) is 2. The van der Waals surface area contributed by atoms with E-state index >= 15 is 0 Å². The van der Waals surface area contributed by atoms with Crippen molar-refractivity contribution in [3.63, 3.8) is 0 Å². The average Bonchev–Trinajstić information content (AvgIpc) is 2.91. The topological polar surface area (TPSA) is 49.4 Å². The highest BCUT2D eigenvalue weighted by Crippen LogP contribution is 2.22. The molecular formula is C31H34Cl2N2O2. The molecule has 1 N–H and O–H groups in total. The first kappa shape index (κ1) is 27.2. The van der Waals surface area contributed by atoms with Crippen LogP contribution in [0.5, 0.6) is 0 Å². The molecule has 1 saturated carbocycles. The lowest BCUT2D eigenvalue weighted by Gasteiger charge is -2.33. The van der Waals surface area contributed by atoms with Gasteiger partial charge in [0.1, 0.15) is 6.04 Å². The van der Waals surface area contributed by atoms with Crippen LogP contribution >= 0.6 is 23.2 Å². The van der Waals surface area contributed by atoms with Gasteiger partial charge >= 0.3 is 0 Å². The van der Waals surface area contributed by atoms with Gasteiger partial charge in [-0.05, 0) is 54.2 Å². The predicted molar refractivity (Wildman–Crippen MR) is 151 cm³/mol. The van der Waals surface area contributed by atoms with Crippen LogP contribution in [0.25, 0.3) is 0 Å². The number of hydrogen-bond donors (Lipinski definition) is 1. The molecule has 1 aliphatic carbocycles. The van der Waals surface area contributed by atoms with E-state index in [1.165, 1.54) is 6.42 Å². The summed E-state index contributed by atoms with van der Waals surface area (Å²) in [6, 6.07) is 24.5. The van der Waals surface area contributed by atoms with Gasteiger partial charge in [0.2, 0.25) is 11.8 Å². The van der Waals surface area contributed by atoms with E-state index in [1.807, 2.05) is 78.9 Å². The molecule has 0 heterocycles. The van der Waals surface area contributed by atoms with Crippen molar-refractivity contribution in [2.75, 3.05) is 0 Å². The fourth-order valence-corrected chi connectivity index (χ4v) is 5.46. The fourth-order valence-electron chi connectivity index (χ4n) is 5.02. The van der Waals surface area contributed by atoms with Gasteiger partial charge in [-0.2, -0.15) is 0 Å². The summed E-state index contributed by atoms with van der Waals surface area (Å²) in [6.45, 7) is 0.303. The molecule has 1 aliphatic rings. The molecule has 1 unspecified atom stereocenters. The summed E-state index contributed by atoms with van der Waals surface area (Å²) in [7, 11) is 0. The Hall–Kier alpha value is -2.82. The lowest BCUT2D eigenvalue weighted by Crippen LogP contribution is -2.52. The van der Waals surface area contributed by atoms with E-state index in [1.54, 1.807) is 4.90 Å². The van der Waals surface area contributed by atoms with Gasteiger partial charge in [-0.15, -0.1) is 0 Å². The number of nitrogens with one attached hydrogen (secondary N) is 1. The van der Waals surface area contributed by atoms with Crippen LogP contribution in [0.1, 0.15) is 55.2 Å². The van der Waals surface area contributed by atoms with Crippen molar-refractivity contribution in [2.24, 2.45) is 0 Å². The van der Waals surface area contributed by atoms with Crippen molar-refractivity contribution in [3.8, 4) is 0 Å². The molecule has 0 spiro atoms. The second kappa shape index (κ2) is 13.6. The summed E-state index contributed by atoms with van der Waals surface area (Å²) in [4.78, 5) is 29.3. The third-order valence-electron chi connectivity index (χ3n) is 7.03. The number of rotatable bonds is 10. The maximum absolute atomic E-state index is 13.8. The lowest BCUT2D eigenvalue weighted by atomic mass is 9.94. The average molecular weight is 538 g/mol. The summed E-state index contributed by atoms with van der Waals surface area (Å²) in [5.74, 6) is -0.177. The van der Waals surface area contributed by atoms with Crippen molar-refractivity contribution < 1.29 is 9.59 Å². The number of nitrogens with zero attached hydrogens (tertiary/aromatic N) is 1. The highest BCUT2D eigenvalue weighted by Gasteiger charge is 2.31. The van der Waals surface area contributed by atoms with Crippen molar-refractivity contribution in [2.45, 2.75) is 70.0 Å². The van der Waals surface area contributed by atoms with Crippen LogP contribution in [0.15, 0.2) is 78.9 Å². The quantitative estimate of drug-likeness (QED) is 0.302. The highest BCUT2D eigenvalue weighted by atomic mass is 35.5. The molecule has 6 heteroatoms. The minimum Gasteiger partial charge on any atom is -0.352 e. The number of aryl methyl sites for hydroxylation is 1. The van der Waals surface area contributed by atoms with E-state index in [0.717, 1.165) is 42.4 Å². The van der Waals surface area contributed by atoms with Crippen molar-refractivity contribution in [1.29, 1.82) is 0 Å². The third-order valence-corrected chi connectivity index (χ3v) is 7.63. The summed E-state index contributed by atoms with van der Waals surface area (Å²) < 4.78 is 0. The van der Waals surface area contributed by atoms with Crippen LogP contribution in [0.3, 0.4) is 0 Å². The lowest BCUT2D eigenvalue weighted by molar-refractivity contribution is -0.141. The fraction of sp³-hybridized carbons (Fsp3) is 0.355. The predicted octanol–water partition coefficient (Wildman–Crippen LogP) is 7.02. The highest BCUT2D eigenvalue weighted by molar-refractivity contribution is 6.31. The molecule has 4 nitrogen and oxygen atoms in total.